The summed E-state index contributed by atoms with van der Waals surface area (Å²) in [6.45, 7) is 0. The Kier molecular flexibility index (Phi) is 5.05. The lowest BCUT2D eigenvalue weighted by molar-refractivity contribution is 0.484. The highest BCUT2D eigenvalue weighted by atomic mass is 35.5. The number of hydrogen-bond donors (Lipinski definition) is 3. The van der Waals surface area contributed by atoms with Gasteiger partial charge in [0.15, 0.2) is 11.4 Å². The van der Waals surface area contributed by atoms with Crippen LogP contribution in [0.1, 0.15) is 0 Å². The lowest BCUT2D eigenvalue weighted by Crippen LogP contribution is -2.12. The van der Waals surface area contributed by atoms with Gasteiger partial charge in [-0.1, -0.05) is 35.0 Å². The predicted molar refractivity (Wildman–Crippen MR) is 105 cm³/mol. The van der Waals surface area contributed by atoms with Crippen LogP contribution in [0.2, 0.25) is 10.0 Å². The van der Waals surface area contributed by atoms with E-state index in [0.29, 0.717) is 32.2 Å². The molecule has 3 N–H and O–H groups in total. The number of hydrogen-bond acceptors (Lipinski definition) is 5. The van der Waals surface area contributed by atoms with Gasteiger partial charge in [-0.2, -0.15) is 13.7 Å². The van der Waals surface area contributed by atoms with Crippen LogP contribution in [-0.2, 0) is 10.1 Å². The predicted octanol–water partition coefficient (Wildman–Crippen LogP) is 4.30. The number of amidine groups is 1. The van der Waals surface area contributed by atoms with Crippen molar-refractivity contribution >= 4 is 77.7 Å². The van der Waals surface area contributed by atoms with Crippen molar-refractivity contribution in [2.75, 3.05) is 6.26 Å². The van der Waals surface area contributed by atoms with Crippen LogP contribution in [0.3, 0.4) is 0 Å². The van der Waals surface area contributed by atoms with Gasteiger partial charge in [0.1, 0.15) is 4.90 Å². The summed E-state index contributed by atoms with van der Waals surface area (Å²) in [6.07, 6.45) is 3.53. The number of H-pyrrole nitrogens is 1. The summed E-state index contributed by atoms with van der Waals surface area (Å²) >= 11 is 13.4. The van der Waals surface area contributed by atoms with Crippen LogP contribution in [0.4, 0.5) is 5.69 Å². The van der Waals surface area contributed by atoms with Crippen molar-refractivity contribution in [2.45, 2.75) is 4.90 Å². The Labute approximate surface area is 162 Å². The molecule has 3 rings (SSSR count). The van der Waals surface area contributed by atoms with Gasteiger partial charge in [0, 0.05) is 20.8 Å². The van der Waals surface area contributed by atoms with Crippen LogP contribution in [0.15, 0.2) is 34.2 Å². The van der Waals surface area contributed by atoms with E-state index in [1.165, 1.54) is 11.8 Å². The van der Waals surface area contributed by atoms with E-state index in [9.17, 15) is 13.0 Å². The first-order chi connectivity index (χ1) is 12.2. The van der Waals surface area contributed by atoms with E-state index in [2.05, 4.69) is 15.3 Å². The van der Waals surface area contributed by atoms with Crippen molar-refractivity contribution in [3.63, 3.8) is 0 Å². The largest absolute Gasteiger partial charge is 0.352 e. The summed E-state index contributed by atoms with van der Waals surface area (Å²) in [5.74, 6) is 0. The number of benzene rings is 2. The van der Waals surface area contributed by atoms with Gasteiger partial charge in [-0.3, -0.25) is 9.87 Å². The van der Waals surface area contributed by atoms with Gasteiger partial charge in [-0.15, -0.1) is 0 Å². The first-order valence-electron chi connectivity index (χ1n) is 6.94. The van der Waals surface area contributed by atoms with Crippen molar-refractivity contribution in [2.24, 2.45) is 4.99 Å². The number of aromatic nitrogens is 1. The van der Waals surface area contributed by atoms with Crippen LogP contribution >= 0.6 is 35.0 Å². The number of aromatic amines is 1. The summed E-state index contributed by atoms with van der Waals surface area (Å²) in [6, 6.07) is 5.93. The van der Waals surface area contributed by atoms with E-state index in [0.717, 1.165) is 6.07 Å². The van der Waals surface area contributed by atoms with Crippen LogP contribution in [0.25, 0.3) is 21.8 Å². The molecule has 2 aromatic carbocycles. The van der Waals surface area contributed by atoms with Gasteiger partial charge in [0.05, 0.1) is 16.7 Å². The van der Waals surface area contributed by atoms with Crippen molar-refractivity contribution in [1.29, 1.82) is 5.26 Å². The molecule has 0 aliphatic rings. The molecule has 0 radical (unpaired) electrons. The minimum absolute atomic E-state index is 0.145. The van der Waals surface area contributed by atoms with Crippen molar-refractivity contribution < 1.29 is 13.0 Å². The van der Waals surface area contributed by atoms with Crippen molar-refractivity contribution in [1.82, 2.24) is 10.3 Å². The smallest absolute Gasteiger partial charge is 0.296 e. The molecular formula is C15H10Cl2N4O3S2. The van der Waals surface area contributed by atoms with Crippen LogP contribution < -0.4 is 5.32 Å². The molecule has 0 saturated heterocycles. The molecule has 0 aliphatic heterocycles. The minimum atomic E-state index is -4.50. The van der Waals surface area contributed by atoms with Gasteiger partial charge in [0.25, 0.3) is 10.1 Å². The first kappa shape index (κ1) is 18.8. The molecule has 0 atom stereocenters. The van der Waals surface area contributed by atoms with Gasteiger partial charge in [0.2, 0.25) is 0 Å². The van der Waals surface area contributed by atoms with E-state index >= 15 is 0 Å². The molecule has 0 fully saturated rings. The second-order valence-corrected chi connectivity index (χ2v) is 8.19. The fourth-order valence-electron chi connectivity index (χ4n) is 2.56. The Balaban J connectivity index is 2.44. The second-order valence-electron chi connectivity index (χ2n) is 5.13. The molecule has 0 saturated carbocycles. The Hall–Kier alpha value is -1.96. The van der Waals surface area contributed by atoms with Crippen LogP contribution in [0, 0.1) is 11.5 Å². The average molecular weight is 429 g/mol. The monoisotopic (exact) mass is 428 g/mol. The summed E-state index contributed by atoms with van der Waals surface area (Å²) in [4.78, 5) is 6.97. The number of nitrogens with one attached hydrogen (secondary N) is 2. The van der Waals surface area contributed by atoms with Crippen molar-refractivity contribution in [3.05, 3.63) is 34.3 Å². The molecule has 7 nitrogen and oxygen atoms in total. The fourth-order valence-corrected chi connectivity index (χ4v) is 4.09. The number of aliphatic imine (C=N–C) groups is 1. The van der Waals surface area contributed by atoms with E-state index in [1.807, 2.05) is 0 Å². The molecule has 0 bridgehead atoms. The number of thioether (sulfide) groups is 1. The van der Waals surface area contributed by atoms with Crippen LogP contribution in [0.5, 0.6) is 0 Å². The normalized spacial score (nSPS) is 12.5. The van der Waals surface area contributed by atoms with Gasteiger partial charge in [-0.05, 0) is 30.5 Å². The number of halogens is 2. The average Bonchev–Trinajstić information content (AvgIpc) is 2.91. The maximum Gasteiger partial charge on any atom is 0.296 e. The summed E-state index contributed by atoms with van der Waals surface area (Å²) in [5, 5.41) is 13.1. The molecule has 0 aliphatic carbocycles. The third-order valence-corrected chi connectivity index (χ3v) is 5.44. The Morgan fingerprint density at radius 3 is 2.42 bits per heavy atom. The molecule has 1 aromatic heterocycles. The minimum Gasteiger partial charge on any atom is -0.352 e. The zero-order valence-corrected chi connectivity index (χ0v) is 16.2. The number of nitrogens with zero attached hydrogens (tertiary/aromatic N) is 2. The zero-order chi connectivity index (χ0) is 19.1. The van der Waals surface area contributed by atoms with Gasteiger partial charge < -0.3 is 4.98 Å². The summed E-state index contributed by atoms with van der Waals surface area (Å²) in [5.41, 5.74) is 1.07. The molecule has 0 spiro atoms. The van der Waals surface area contributed by atoms with E-state index in [4.69, 9.17) is 28.5 Å². The summed E-state index contributed by atoms with van der Waals surface area (Å²) < 4.78 is 32.9. The van der Waals surface area contributed by atoms with E-state index in [1.54, 1.807) is 30.6 Å². The molecule has 134 valence electrons. The Morgan fingerprint density at radius 1 is 1.23 bits per heavy atom. The lowest BCUT2D eigenvalue weighted by atomic mass is 10.1. The maximum absolute atomic E-state index is 11.7. The van der Waals surface area contributed by atoms with Crippen LogP contribution in [-0.4, -0.2) is 29.4 Å². The van der Waals surface area contributed by atoms with Gasteiger partial charge in [-0.25, -0.2) is 4.99 Å². The van der Waals surface area contributed by atoms with E-state index in [-0.39, 0.29) is 15.4 Å². The zero-order valence-electron chi connectivity index (χ0n) is 13.0. The topological polar surface area (TPSA) is 118 Å². The molecule has 0 amide bonds. The van der Waals surface area contributed by atoms with E-state index < -0.39 is 10.1 Å². The third-order valence-electron chi connectivity index (χ3n) is 3.55. The Morgan fingerprint density at radius 2 is 1.85 bits per heavy atom. The highest BCUT2D eigenvalue weighted by Gasteiger charge is 2.20. The third kappa shape index (κ3) is 3.47. The van der Waals surface area contributed by atoms with Gasteiger partial charge >= 0.3 is 0 Å². The second kappa shape index (κ2) is 6.98. The first-order valence-corrected chi connectivity index (χ1v) is 10.4. The number of nitriles is 1. The molecular weight excluding hydrogens is 419 g/mol. The van der Waals surface area contributed by atoms with Crippen molar-refractivity contribution in [3.8, 4) is 6.19 Å². The lowest BCUT2D eigenvalue weighted by Gasteiger charge is -2.02. The summed E-state index contributed by atoms with van der Waals surface area (Å²) in [7, 11) is -4.50. The highest BCUT2D eigenvalue weighted by Crippen LogP contribution is 2.38. The molecule has 3 aromatic rings. The SMILES string of the molecule is CSC(=Nc1cc(Cl)cc2c1[nH]c1c(S(=O)(=O)O)cc(Cl)cc12)NC#N. The molecule has 1 heterocycles. The number of fused-ring (bicyclic) bond motifs is 3. The highest BCUT2D eigenvalue weighted by molar-refractivity contribution is 8.13. The molecule has 11 heteroatoms. The quantitative estimate of drug-likeness (QED) is 0.184. The Bertz CT molecular complexity index is 1210. The maximum atomic E-state index is 11.7. The molecule has 26 heavy (non-hydrogen) atoms. The fraction of sp³-hybridized carbons (Fsp3) is 0.0667. The number of rotatable bonds is 2. The molecule has 0 unspecified atom stereocenters. The standard InChI is InChI=1S/C15H10Cl2N4O3S2/c1-25-15(19-6-18)20-11-4-7(16)2-9-10-3-8(17)5-12(26(22,23)24)14(10)21-13(9)11/h2-5,21H,1H3,(H,19,20)(H,22,23,24).